The average molecular weight is 274 g/mol. The molecule has 1 N–H and O–H groups in total. The predicted octanol–water partition coefficient (Wildman–Crippen LogP) is 2.04. The molecule has 0 aliphatic rings. The molecule has 0 saturated carbocycles. The third-order valence-corrected chi connectivity index (χ3v) is 2.62. The van der Waals surface area contributed by atoms with Crippen LogP contribution in [0.3, 0.4) is 0 Å². The van der Waals surface area contributed by atoms with Crippen molar-refractivity contribution in [2.45, 2.75) is 19.4 Å². The van der Waals surface area contributed by atoms with Crippen LogP contribution in [-0.2, 0) is 11.2 Å². The summed E-state index contributed by atoms with van der Waals surface area (Å²) in [6, 6.07) is 1.26. The molecule has 7 heteroatoms. The molecule has 0 aliphatic heterocycles. The lowest BCUT2D eigenvalue weighted by Crippen LogP contribution is -2.35. The Hall–Kier alpha value is -1.60. The second kappa shape index (κ2) is 7.10. The summed E-state index contributed by atoms with van der Waals surface area (Å²) in [5.74, 6) is -1.99. The molecular weight excluding hydrogens is 258 g/mol. The summed E-state index contributed by atoms with van der Waals surface area (Å²) in [7, 11) is 1.49. The van der Waals surface area contributed by atoms with Crippen molar-refractivity contribution in [1.82, 2.24) is 5.32 Å². The molecule has 1 aromatic carbocycles. The first-order valence-corrected chi connectivity index (χ1v) is 5.84. The molecule has 106 valence electrons. The van der Waals surface area contributed by atoms with Gasteiger partial charge in [-0.15, -0.1) is 0 Å². The molecule has 0 amide bonds. The largest absolute Gasteiger partial charge is 0.383 e. The number of nitrogens with zero attached hydrogens (tertiary/aromatic N) is 1. The number of nitrogens with one attached hydrogen (secondary N) is 1. The Balaban J connectivity index is 3.06. The highest BCUT2D eigenvalue weighted by atomic mass is 19.1. The molecule has 19 heavy (non-hydrogen) atoms. The van der Waals surface area contributed by atoms with Crippen molar-refractivity contribution in [3.8, 4) is 0 Å². The van der Waals surface area contributed by atoms with Gasteiger partial charge in [-0.3, -0.25) is 10.1 Å². The topological polar surface area (TPSA) is 64.4 Å². The average Bonchev–Trinajstić information content (AvgIpc) is 2.27. The minimum absolute atomic E-state index is 0.0190. The minimum atomic E-state index is -1.16. The molecule has 0 saturated heterocycles. The molecule has 0 radical (unpaired) electrons. The second-order valence-corrected chi connectivity index (χ2v) is 4.07. The number of nitro benzene ring substituents is 1. The molecule has 1 rings (SSSR count). The fourth-order valence-electron chi connectivity index (χ4n) is 1.92. The van der Waals surface area contributed by atoms with Gasteiger partial charge in [0, 0.05) is 24.8 Å². The molecule has 5 nitrogen and oxygen atoms in total. The second-order valence-electron chi connectivity index (χ2n) is 4.07. The van der Waals surface area contributed by atoms with E-state index in [0.29, 0.717) is 19.2 Å². The zero-order valence-electron chi connectivity index (χ0n) is 10.8. The number of halogens is 2. The number of nitro groups is 1. The smallest absolute Gasteiger partial charge is 0.308 e. The van der Waals surface area contributed by atoms with E-state index in [2.05, 4.69) is 5.32 Å². The van der Waals surface area contributed by atoms with Crippen molar-refractivity contribution in [2.24, 2.45) is 0 Å². The monoisotopic (exact) mass is 274 g/mol. The Morgan fingerprint density at radius 1 is 1.47 bits per heavy atom. The summed E-state index contributed by atoms with van der Waals surface area (Å²) in [4.78, 5) is 10.0. The van der Waals surface area contributed by atoms with Gasteiger partial charge in [-0.05, 0) is 19.0 Å². The standard InChI is InChI=1S/C12H16F2N2O3/c1-3-15-10(7-19-2)5-8-4-9(13)6-11(14)12(8)16(17)18/h4,6,10,15H,3,5,7H2,1-2H3. The van der Waals surface area contributed by atoms with Gasteiger partial charge in [0.1, 0.15) is 5.82 Å². The number of ether oxygens (including phenoxy) is 1. The maximum atomic E-state index is 13.5. The van der Waals surface area contributed by atoms with Crippen molar-refractivity contribution in [1.29, 1.82) is 0 Å². The van der Waals surface area contributed by atoms with Crippen molar-refractivity contribution in [2.75, 3.05) is 20.3 Å². The van der Waals surface area contributed by atoms with E-state index < -0.39 is 22.2 Å². The summed E-state index contributed by atoms with van der Waals surface area (Å²) in [5.41, 5.74) is -0.661. The lowest BCUT2D eigenvalue weighted by molar-refractivity contribution is -0.388. The summed E-state index contributed by atoms with van der Waals surface area (Å²) < 4.78 is 31.6. The molecule has 1 atom stereocenters. The van der Waals surface area contributed by atoms with Crippen LogP contribution in [0.25, 0.3) is 0 Å². The Morgan fingerprint density at radius 3 is 2.68 bits per heavy atom. The van der Waals surface area contributed by atoms with E-state index in [1.807, 2.05) is 6.92 Å². The number of methoxy groups -OCH3 is 1. The molecule has 1 aromatic rings. The quantitative estimate of drug-likeness (QED) is 0.610. The van der Waals surface area contributed by atoms with Gasteiger partial charge in [0.2, 0.25) is 5.82 Å². The normalized spacial score (nSPS) is 12.4. The van der Waals surface area contributed by atoms with Crippen LogP contribution in [0.4, 0.5) is 14.5 Å². The van der Waals surface area contributed by atoms with Crippen molar-refractivity contribution >= 4 is 5.69 Å². The number of rotatable bonds is 7. The van der Waals surface area contributed by atoms with E-state index in [9.17, 15) is 18.9 Å². The van der Waals surface area contributed by atoms with Crippen LogP contribution in [0.1, 0.15) is 12.5 Å². The summed E-state index contributed by atoms with van der Waals surface area (Å²) in [6.07, 6.45) is 0.118. The maximum absolute atomic E-state index is 13.5. The van der Waals surface area contributed by atoms with Gasteiger partial charge in [0.15, 0.2) is 0 Å². The van der Waals surface area contributed by atoms with Gasteiger partial charge >= 0.3 is 5.69 Å². The number of hydrogen-bond acceptors (Lipinski definition) is 4. The SMILES string of the molecule is CCNC(COC)Cc1cc(F)cc(F)c1[N+](=O)[O-]. The van der Waals surface area contributed by atoms with Crippen LogP contribution in [0.5, 0.6) is 0 Å². The van der Waals surface area contributed by atoms with Crippen molar-refractivity contribution in [3.63, 3.8) is 0 Å². The number of hydrogen-bond donors (Lipinski definition) is 1. The highest BCUT2D eigenvalue weighted by Gasteiger charge is 2.23. The van der Waals surface area contributed by atoms with E-state index >= 15 is 0 Å². The Bertz CT molecular complexity index is 449. The highest BCUT2D eigenvalue weighted by molar-refractivity contribution is 5.42. The molecule has 0 fully saturated rings. The van der Waals surface area contributed by atoms with Crippen LogP contribution in [0, 0.1) is 21.7 Å². The van der Waals surface area contributed by atoms with Crippen LogP contribution in [0.2, 0.25) is 0 Å². The van der Waals surface area contributed by atoms with Gasteiger partial charge < -0.3 is 10.1 Å². The number of benzene rings is 1. The third kappa shape index (κ3) is 4.22. The van der Waals surface area contributed by atoms with Gasteiger partial charge in [-0.1, -0.05) is 6.92 Å². The summed E-state index contributed by atoms with van der Waals surface area (Å²) in [5, 5.41) is 13.9. The van der Waals surface area contributed by atoms with Crippen LogP contribution in [-0.4, -0.2) is 31.2 Å². The summed E-state index contributed by atoms with van der Waals surface area (Å²) >= 11 is 0. The number of likely N-dealkylation sites (N-methyl/N-ethyl adjacent to an activating group) is 1. The fourth-order valence-corrected chi connectivity index (χ4v) is 1.92. The Morgan fingerprint density at radius 2 is 2.16 bits per heavy atom. The van der Waals surface area contributed by atoms with Crippen LogP contribution < -0.4 is 5.32 Å². The van der Waals surface area contributed by atoms with E-state index in [1.165, 1.54) is 7.11 Å². The first-order chi connectivity index (χ1) is 8.99. The van der Waals surface area contributed by atoms with Gasteiger partial charge in [0.05, 0.1) is 11.5 Å². The first kappa shape index (κ1) is 15.5. The predicted molar refractivity (Wildman–Crippen MR) is 66.1 cm³/mol. The van der Waals surface area contributed by atoms with Crippen molar-refractivity contribution in [3.05, 3.63) is 39.4 Å². The van der Waals surface area contributed by atoms with Crippen LogP contribution >= 0.6 is 0 Å². The zero-order chi connectivity index (χ0) is 14.4. The van der Waals surface area contributed by atoms with E-state index in [4.69, 9.17) is 4.74 Å². The molecule has 0 aliphatic carbocycles. The molecule has 0 bridgehead atoms. The molecule has 0 heterocycles. The third-order valence-electron chi connectivity index (χ3n) is 2.62. The van der Waals surface area contributed by atoms with Gasteiger partial charge in [0.25, 0.3) is 0 Å². The van der Waals surface area contributed by atoms with Crippen LogP contribution in [0.15, 0.2) is 12.1 Å². The van der Waals surface area contributed by atoms with Gasteiger partial charge in [-0.2, -0.15) is 4.39 Å². The lowest BCUT2D eigenvalue weighted by atomic mass is 10.0. The van der Waals surface area contributed by atoms with E-state index in [0.717, 1.165) is 6.07 Å². The Kier molecular flexibility index (Phi) is 5.78. The zero-order valence-corrected chi connectivity index (χ0v) is 10.8. The Labute approximate surface area is 109 Å². The highest BCUT2D eigenvalue weighted by Crippen LogP contribution is 2.25. The maximum Gasteiger partial charge on any atom is 0.308 e. The van der Waals surface area contributed by atoms with Crippen molar-refractivity contribution < 1.29 is 18.4 Å². The van der Waals surface area contributed by atoms with E-state index in [1.54, 1.807) is 0 Å². The molecule has 1 unspecified atom stereocenters. The lowest BCUT2D eigenvalue weighted by Gasteiger charge is -2.17. The molecular formula is C12H16F2N2O3. The molecule has 0 aromatic heterocycles. The first-order valence-electron chi connectivity index (χ1n) is 5.84. The summed E-state index contributed by atoms with van der Waals surface area (Å²) in [6.45, 7) is 2.78. The molecule has 0 spiro atoms. The van der Waals surface area contributed by atoms with Gasteiger partial charge in [-0.25, -0.2) is 4.39 Å². The minimum Gasteiger partial charge on any atom is -0.383 e. The fraction of sp³-hybridized carbons (Fsp3) is 0.500. The van der Waals surface area contributed by atoms with E-state index in [-0.39, 0.29) is 18.0 Å².